The maximum Gasteiger partial charge on any atom is 0.232 e. The zero-order valence-electron chi connectivity index (χ0n) is 18.6. The number of fused-ring (bicyclic) bond motifs is 3. The van der Waals surface area contributed by atoms with E-state index in [1.165, 1.54) is 23.4 Å². The number of nitrogens with zero attached hydrogens (tertiary/aromatic N) is 9. The molecule has 0 aromatic carbocycles. The molecule has 0 aliphatic heterocycles. The number of nitrogens with one attached hydrogen (secondary N) is 1. The summed E-state index contributed by atoms with van der Waals surface area (Å²) < 4.78 is 3.45. The Kier molecular flexibility index (Phi) is 4.87. The summed E-state index contributed by atoms with van der Waals surface area (Å²) in [7, 11) is 1.86. The molecule has 0 saturated heterocycles. The quantitative estimate of drug-likeness (QED) is 0.395. The van der Waals surface area contributed by atoms with Gasteiger partial charge in [-0.1, -0.05) is 23.2 Å². The number of pyridine rings is 1. The number of aryl methyl sites for hydroxylation is 1. The van der Waals surface area contributed by atoms with Crippen molar-refractivity contribution in [3.8, 4) is 5.82 Å². The molecule has 0 radical (unpaired) electrons. The van der Waals surface area contributed by atoms with Crippen LogP contribution in [0.2, 0.25) is 10.2 Å². The average molecular weight is 509 g/mol. The molecular formula is C22H18Cl2N10O. The zero-order valence-corrected chi connectivity index (χ0v) is 20.1. The van der Waals surface area contributed by atoms with Gasteiger partial charge in [-0.15, -0.1) is 4.80 Å². The number of halogens is 2. The molecule has 11 nitrogen and oxygen atoms in total. The summed E-state index contributed by atoms with van der Waals surface area (Å²) in [5.41, 5.74) is 2.90. The second-order valence-electron chi connectivity index (χ2n) is 8.60. The Balaban J connectivity index is 1.38. The zero-order chi connectivity index (χ0) is 24.3. The monoisotopic (exact) mass is 508 g/mol. The van der Waals surface area contributed by atoms with Crippen molar-refractivity contribution in [1.82, 2.24) is 44.4 Å². The fourth-order valence-corrected chi connectivity index (χ4v) is 5.13. The molecule has 0 bridgehead atoms. The molecule has 0 fully saturated rings. The molecule has 0 saturated carbocycles. The molecule has 1 aliphatic rings. The molecule has 6 rings (SSSR count). The van der Waals surface area contributed by atoms with Gasteiger partial charge in [-0.3, -0.25) is 9.48 Å². The van der Waals surface area contributed by atoms with Crippen molar-refractivity contribution in [2.75, 3.05) is 5.32 Å². The fraction of sp³-hybridized carbons (Fsp3) is 0.227. The molecule has 176 valence electrons. The van der Waals surface area contributed by atoms with Crippen molar-refractivity contribution in [2.45, 2.75) is 24.7 Å². The lowest BCUT2D eigenvalue weighted by Crippen LogP contribution is -2.26. The summed E-state index contributed by atoms with van der Waals surface area (Å²) in [5.74, 6) is -0.359. The SMILES string of the molecule is Cn1ccc([C@]2(C)C[C@@H](C(=O)Nc3cnc(-n4nccn4)c(Cl)c3)c3cnc4cc(Cl)nn4c32)n1. The van der Waals surface area contributed by atoms with E-state index in [0.717, 1.165) is 17.0 Å². The van der Waals surface area contributed by atoms with Crippen LogP contribution in [0.1, 0.15) is 36.2 Å². The second-order valence-corrected chi connectivity index (χ2v) is 9.39. The van der Waals surface area contributed by atoms with Crippen LogP contribution in [0.5, 0.6) is 0 Å². The Morgan fingerprint density at radius 3 is 2.66 bits per heavy atom. The molecule has 1 aliphatic carbocycles. The van der Waals surface area contributed by atoms with E-state index >= 15 is 0 Å². The molecule has 1 amide bonds. The highest BCUT2D eigenvalue weighted by Gasteiger charge is 2.48. The lowest BCUT2D eigenvalue weighted by atomic mass is 9.82. The smallest absolute Gasteiger partial charge is 0.232 e. The van der Waals surface area contributed by atoms with Crippen molar-refractivity contribution >= 4 is 40.4 Å². The van der Waals surface area contributed by atoms with Crippen molar-refractivity contribution < 1.29 is 4.79 Å². The first-order valence-corrected chi connectivity index (χ1v) is 11.5. The van der Waals surface area contributed by atoms with E-state index in [0.29, 0.717) is 33.7 Å². The van der Waals surface area contributed by atoms with Gasteiger partial charge in [0, 0.05) is 31.1 Å². The minimum Gasteiger partial charge on any atom is -0.324 e. The van der Waals surface area contributed by atoms with Gasteiger partial charge < -0.3 is 5.32 Å². The van der Waals surface area contributed by atoms with Gasteiger partial charge in [-0.2, -0.15) is 20.4 Å². The standard InChI is InChI=1S/C22H18Cl2N10O/c1-22(16-3-6-32(2)30-16)9-13(14-11-25-18-8-17(24)31-33(18)19(14)22)21(35)29-12-7-15(23)20(26-10-12)34-27-4-5-28-34/h3-8,10-11,13H,9H2,1-2H3,(H,29,35)/t13-,22+/m1/s1. The predicted octanol–water partition coefficient (Wildman–Crippen LogP) is 3.18. The normalized spacial score (nSPS) is 19.3. The molecule has 5 heterocycles. The number of rotatable bonds is 4. The molecule has 2 atom stereocenters. The summed E-state index contributed by atoms with van der Waals surface area (Å²) in [6, 6.07) is 5.26. The summed E-state index contributed by atoms with van der Waals surface area (Å²) in [5, 5.41) is 20.7. The molecule has 35 heavy (non-hydrogen) atoms. The van der Waals surface area contributed by atoms with Crippen LogP contribution in [0, 0.1) is 0 Å². The first kappa shape index (κ1) is 21.7. The van der Waals surface area contributed by atoms with Crippen LogP contribution in [-0.4, -0.2) is 50.3 Å². The summed E-state index contributed by atoms with van der Waals surface area (Å²) in [6.07, 6.45) is 8.65. The summed E-state index contributed by atoms with van der Waals surface area (Å²) >= 11 is 12.6. The first-order chi connectivity index (χ1) is 16.8. The molecule has 0 spiro atoms. The molecule has 5 aromatic rings. The number of carbonyl (C=O) groups is 1. The van der Waals surface area contributed by atoms with Crippen LogP contribution < -0.4 is 5.32 Å². The highest BCUT2D eigenvalue weighted by atomic mass is 35.5. The number of anilines is 1. The maximum absolute atomic E-state index is 13.5. The van der Waals surface area contributed by atoms with Crippen LogP contribution in [0.15, 0.2) is 49.2 Å². The van der Waals surface area contributed by atoms with Gasteiger partial charge in [0.05, 0.1) is 52.0 Å². The molecular weight excluding hydrogens is 491 g/mol. The number of hydrogen-bond donors (Lipinski definition) is 1. The molecule has 5 aromatic heterocycles. The van der Waals surface area contributed by atoms with E-state index in [-0.39, 0.29) is 5.91 Å². The van der Waals surface area contributed by atoms with E-state index in [2.05, 4.69) is 42.6 Å². The minimum absolute atomic E-state index is 0.215. The third-order valence-electron chi connectivity index (χ3n) is 6.29. The van der Waals surface area contributed by atoms with Crippen molar-refractivity contribution in [3.63, 3.8) is 0 Å². The van der Waals surface area contributed by atoms with Crippen LogP contribution in [0.4, 0.5) is 5.69 Å². The van der Waals surface area contributed by atoms with Gasteiger partial charge in [0.1, 0.15) is 0 Å². The van der Waals surface area contributed by atoms with Gasteiger partial charge in [0.25, 0.3) is 0 Å². The Morgan fingerprint density at radius 1 is 1.14 bits per heavy atom. The fourth-order valence-electron chi connectivity index (χ4n) is 4.71. The third-order valence-corrected chi connectivity index (χ3v) is 6.75. The third kappa shape index (κ3) is 3.46. The largest absolute Gasteiger partial charge is 0.324 e. The average Bonchev–Trinajstić information content (AvgIpc) is 3.60. The predicted molar refractivity (Wildman–Crippen MR) is 128 cm³/mol. The first-order valence-electron chi connectivity index (χ1n) is 10.7. The van der Waals surface area contributed by atoms with Crippen LogP contribution in [0.3, 0.4) is 0 Å². The number of amides is 1. The second kappa shape index (κ2) is 7.85. The maximum atomic E-state index is 13.5. The van der Waals surface area contributed by atoms with Crippen molar-refractivity contribution in [2.24, 2.45) is 7.05 Å². The van der Waals surface area contributed by atoms with Gasteiger partial charge in [0.15, 0.2) is 16.6 Å². The van der Waals surface area contributed by atoms with Gasteiger partial charge in [0.2, 0.25) is 5.91 Å². The lowest BCUT2D eigenvalue weighted by Gasteiger charge is -2.23. The lowest BCUT2D eigenvalue weighted by molar-refractivity contribution is -0.117. The van der Waals surface area contributed by atoms with E-state index in [1.807, 2.05) is 19.3 Å². The van der Waals surface area contributed by atoms with E-state index in [1.54, 1.807) is 27.5 Å². The Hall–Kier alpha value is -3.83. The molecule has 0 unspecified atom stereocenters. The van der Waals surface area contributed by atoms with Crippen LogP contribution in [-0.2, 0) is 17.3 Å². The molecule has 13 heteroatoms. The number of carbonyl (C=O) groups excluding carboxylic acids is 1. The Morgan fingerprint density at radius 2 is 1.94 bits per heavy atom. The molecule has 1 N–H and O–H groups in total. The van der Waals surface area contributed by atoms with Crippen LogP contribution >= 0.6 is 23.2 Å². The summed E-state index contributed by atoms with van der Waals surface area (Å²) in [4.78, 5) is 23.7. The van der Waals surface area contributed by atoms with Gasteiger partial charge in [-0.05, 0) is 25.5 Å². The number of hydrogen-bond acceptors (Lipinski definition) is 7. The topological polar surface area (TPSA) is 121 Å². The van der Waals surface area contributed by atoms with E-state index in [9.17, 15) is 4.79 Å². The van der Waals surface area contributed by atoms with Crippen molar-refractivity contribution in [1.29, 1.82) is 0 Å². The Labute approximate surface area is 208 Å². The highest BCUT2D eigenvalue weighted by molar-refractivity contribution is 6.32. The van der Waals surface area contributed by atoms with E-state index < -0.39 is 11.3 Å². The van der Waals surface area contributed by atoms with Crippen molar-refractivity contribution in [3.05, 3.63) is 76.3 Å². The van der Waals surface area contributed by atoms with Gasteiger partial charge >= 0.3 is 0 Å². The minimum atomic E-state index is -0.597. The number of aromatic nitrogens is 9. The van der Waals surface area contributed by atoms with E-state index in [4.69, 9.17) is 23.2 Å². The Bertz CT molecular complexity index is 1590. The highest BCUT2D eigenvalue weighted by Crippen LogP contribution is 2.49. The van der Waals surface area contributed by atoms with Crippen LogP contribution in [0.25, 0.3) is 11.5 Å². The summed E-state index contributed by atoms with van der Waals surface area (Å²) in [6.45, 7) is 2.06. The van der Waals surface area contributed by atoms with Gasteiger partial charge in [-0.25, -0.2) is 14.5 Å².